The average Bonchev–Trinajstić information content (AvgIpc) is 3.09. The molecule has 3 aromatic rings. The van der Waals surface area contributed by atoms with Gasteiger partial charge in [-0.25, -0.2) is 0 Å². The minimum atomic E-state index is 0.0545. The maximum absolute atomic E-state index is 12.4. The molecule has 0 saturated carbocycles. The van der Waals surface area contributed by atoms with Gasteiger partial charge in [0.05, 0.1) is 0 Å². The van der Waals surface area contributed by atoms with Crippen molar-refractivity contribution >= 4 is 16.8 Å². The van der Waals surface area contributed by atoms with Crippen LogP contribution in [0.2, 0.25) is 0 Å². The summed E-state index contributed by atoms with van der Waals surface area (Å²) in [5.74, 6) is 0.163. The van der Waals surface area contributed by atoms with Gasteiger partial charge in [0.2, 0.25) is 5.91 Å². The number of carbonyl (C=O) groups is 1. The highest BCUT2D eigenvalue weighted by molar-refractivity contribution is 5.88. The van der Waals surface area contributed by atoms with Crippen LogP contribution in [0.25, 0.3) is 10.9 Å². The zero-order valence-corrected chi connectivity index (χ0v) is 15.0. The number of H-pyrrole nitrogens is 1. The van der Waals surface area contributed by atoms with Gasteiger partial charge in [-0.1, -0.05) is 62.4 Å². The first kappa shape index (κ1) is 17.3. The Bertz CT molecular complexity index is 836. The van der Waals surface area contributed by atoms with Gasteiger partial charge in [0.1, 0.15) is 0 Å². The van der Waals surface area contributed by atoms with Crippen LogP contribution in [0.5, 0.6) is 0 Å². The lowest BCUT2D eigenvalue weighted by Gasteiger charge is -2.17. The van der Waals surface area contributed by atoms with Crippen LogP contribution in [0.4, 0.5) is 0 Å². The number of para-hydroxylation sites is 1. The monoisotopic (exact) mass is 334 g/mol. The van der Waals surface area contributed by atoms with Crippen molar-refractivity contribution in [1.82, 2.24) is 10.3 Å². The Morgan fingerprint density at radius 1 is 1.08 bits per heavy atom. The number of benzene rings is 2. The van der Waals surface area contributed by atoms with Gasteiger partial charge in [0, 0.05) is 36.0 Å². The lowest BCUT2D eigenvalue weighted by Crippen LogP contribution is -2.26. The maximum Gasteiger partial charge on any atom is 0.220 e. The predicted molar refractivity (Wildman–Crippen MR) is 104 cm³/mol. The number of rotatable bonds is 7. The smallest absolute Gasteiger partial charge is 0.220 e. The summed E-state index contributed by atoms with van der Waals surface area (Å²) in [5.41, 5.74) is 4.88. The number of fused-ring (bicyclic) bond motifs is 1. The van der Waals surface area contributed by atoms with E-state index >= 15 is 0 Å². The zero-order valence-electron chi connectivity index (χ0n) is 15.0. The van der Waals surface area contributed by atoms with Crippen molar-refractivity contribution in [3.05, 3.63) is 71.4 Å². The van der Waals surface area contributed by atoms with Crippen LogP contribution >= 0.6 is 0 Å². The summed E-state index contributed by atoms with van der Waals surface area (Å²) in [4.78, 5) is 15.9. The molecule has 0 radical (unpaired) electrons. The number of aryl methyl sites for hydroxylation is 1. The zero-order chi connectivity index (χ0) is 17.6. The number of hydrogen-bond acceptors (Lipinski definition) is 1. The second kappa shape index (κ2) is 8.02. The van der Waals surface area contributed by atoms with Crippen LogP contribution in [0.3, 0.4) is 0 Å². The topological polar surface area (TPSA) is 44.9 Å². The molecular weight excluding hydrogens is 308 g/mol. The highest BCUT2D eigenvalue weighted by atomic mass is 16.1. The summed E-state index contributed by atoms with van der Waals surface area (Å²) < 4.78 is 0. The van der Waals surface area contributed by atoms with E-state index in [1.54, 1.807) is 0 Å². The molecule has 3 rings (SSSR count). The van der Waals surface area contributed by atoms with Crippen LogP contribution in [0.15, 0.2) is 54.7 Å². The van der Waals surface area contributed by atoms with Crippen LogP contribution < -0.4 is 5.32 Å². The van der Waals surface area contributed by atoms with Gasteiger partial charge in [-0.2, -0.15) is 0 Å². The largest absolute Gasteiger partial charge is 0.361 e. The number of amides is 1. The van der Waals surface area contributed by atoms with Gasteiger partial charge in [0.15, 0.2) is 0 Å². The minimum Gasteiger partial charge on any atom is -0.361 e. The van der Waals surface area contributed by atoms with Crippen LogP contribution in [-0.2, 0) is 11.2 Å². The van der Waals surface area contributed by atoms with E-state index in [9.17, 15) is 4.79 Å². The molecule has 3 heteroatoms. The second-order valence-corrected chi connectivity index (χ2v) is 6.45. The Morgan fingerprint density at radius 3 is 2.60 bits per heavy atom. The normalized spacial score (nSPS) is 12.2. The summed E-state index contributed by atoms with van der Waals surface area (Å²) in [5, 5.41) is 4.23. The van der Waals surface area contributed by atoms with E-state index in [0.29, 0.717) is 6.42 Å². The van der Waals surface area contributed by atoms with Gasteiger partial charge in [-0.05, 0) is 29.5 Å². The predicted octanol–water partition coefficient (Wildman–Crippen LogP) is 4.78. The van der Waals surface area contributed by atoms with Crippen molar-refractivity contribution in [3.8, 4) is 0 Å². The fourth-order valence-electron chi connectivity index (χ4n) is 3.44. The molecule has 0 aliphatic carbocycles. The van der Waals surface area contributed by atoms with Crippen molar-refractivity contribution < 1.29 is 4.79 Å². The van der Waals surface area contributed by atoms with Crippen molar-refractivity contribution in [3.63, 3.8) is 0 Å². The molecule has 2 aromatic carbocycles. The number of carbonyl (C=O) groups excluding carboxylic acids is 1. The minimum absolute atomic E-state index is 0.0545. The Kier molecular flexibility index (Phi) is 5.54. The van der Waals surface area contributed by atoms with Crippen molar-refractivity contribution in [2.75, 3.05) is 6.54 Å². The molecule has 1 atom stereocenters. The fourth-order valence-corrected chi connectivity index (χ4v) is 3.44. The highest BCUT2D eigenvalue weighted by Crippen LogP contribution is 2.34. The Balaban J connectivity index is 2.01. The Labute approximate surface area is 149 Å². The quantitative estimate of drug-likeness (QED) is 0.642. The fraction of sp³-hybridized carbons (Fsp3) is 0.318. The molecule has 0 aliphatic heterocycles. The van der Waals surface area contributed by atoms with E-state index in [4.69, 9.17) is 0 Å². The maximum atomic E-state index is 12.4. The number of aromatic nitrogens is 1. The Hall–Kier alpha value is -2.55. The van der Waals surface area contributed by atoms with Gasteiger partial charge < -0.3 is 10.3 Å². The summed E-state index contributed by atoms with van der Waals surface area (Å²) in [7, 11) is 0. The third-order valence-electron chi connectivity index (χ3n) is 4.75. The first-order chi connectivity index (χ1) is 12.2. The second-order valence-electron chi connectivity index (χ2n) is 6.45. The molecular formula is C22H26N2O. The van der Waals surface area contributed by atoms with Gasteiger partial charge >= 0.3 is 0 Å². The molecule has 0 fully saturated rings. The molecule has 0 spiro atoms. The molecule has 130 valence electrons. The molecule has 1 heterocycles. The van der Waals surface area contributed by atoms with Crippen LogP contribution in [0.1, 0.15) is 49.3 Å². The van der Waals surface area contributed by atoms with Crippen molar-refractivity contribution in [1.29, 1.82) is 0 Å². The average molecular weight is 334 g/mol. The molecule has 0 bridgehead atoms. The molecule has 0 saturated heterocycles. The SMILES string of the molecule is CCCNC(=O)CC(c1ccccc1)c1c[nH]c2c(CC)cccc12. The van der Waals surface area contributed by atoms with E-state index in [2.05, 4.69) is 60.7 Å². The van der Waals surface area contributed by atoms with E-state index in [0.717, 1.165) is 19.4 Å². The number of nitrogens with one attached hydrogen (secondary N) is 2. The lowest BCUT2D eigenvalue weighted by atomic mass is 9.87. The number of aromatic amines is 1. The summed E-state index contributed by atoms with van der Waals surface area (Å²) in [6.45, 7) is 4.97. The highest BCUT2D eigenvalue weighted by Gasteiger charge is 2.21. The molecule has 2 N–H and O–H groups in total. The Morgan fingerprint density at radius 2 is 1.88 bits per heavy atom. The molecule has 1 aromatic heterocycles. The molecule has 1 amide bonds. The van der Waals surface area contributed by atoms with Gasteiger partial charge in [0.25, 0.3) is 0 Å². The van der Waals surface area contributed by atoms with Crippen molar-refractivity contribution in [2.45, 2.75) is 39.0 Å². The van der Waals surface area contributed by atoms with E-state index in [1.807, 2.05) is 18.2 Å². The van der Waals surface area contributed by atoms with Gasteiger partial charge in [-0.15, -0.1) is 0 Å². The molecule has 1 unspecified atom stereocenters. The summed E-state index contributed by atoms with van der Waals surface area (Å²) in [6.07, 6.45) is 4.49. The standard InChI is InChI=1S/C22H26N2O/c1-3-13-23-21(25)14-19(17-9-6-5-7-10-17)20-15-24-22-16(4-2)11-8-12-18(20)22/h5-12,15,19,24H,3-4,13-14H2,1-2H3,(H,23,25). The first-order valence-electron chi connectivity index (χ1n) is 9.15. The third kappa shape index (κ3) is 3.76. The lowest BCUT2D eigenvalue weighted by molar-refractivity contribution is -0.121. The van der Waals surface area contributed by atoms with Crippen molar-refractivity contribution in [2.24, 2.45) is 0 Å². The van der Waals surface area contributed by atoms with E-state index < -0.39 is 0 Å². The van der Waals surface area contributed by atoms with Crippen LogP contribution in [-0.4, -0.2) is 17.4 Å². The van der Waals surface area contributed by atoms with E-state index in [1.165, 1.54) is 27.6 Å². The summed E-state index contributed by atoms with van der Waals surface area (Å²) >= 11 is 0. The molecule has 3 nitrogen and oxygen atoms in total. The van der Waals surface area contributed by atoms with Crippen LogP contribution in [0, 0.1) is 0 Å². The van der Waals surface area contributed by atoms with Gasteiger partial charge in [-0.3, -0.25) is 4.79 Å². The third-order valence-corrected chi connectivity index (χ3v) is 4.75. The first-order valence-corrected chi connectivity index (χ1v) is 9.15. The number of hydrogen-bond donors (Lipinski definition) is 2. The molecule has 0 aliphatic rings. The molecule has 25 heavy (non-hydrogen) atoms. The van der Waals surface area contributed by atoms with E-state index in [-0.39, 0.29) is 11.8 Å². The summed E-state index contributed by atoms with van der Waals surface area (Å²) in [6, 6.07) is 16.7.